The third kappa shape index (κ3) is 2.97. The number of amides is 1. The topological polar surface area (TPSA) is 55.1 Å². The second-order valence-electron chi connectivity index (χ2n) is 4.15. The van der Waals surface area contributed by atoms with Gasteiger partial charge in [-0.25, -0.2) is 0 Å². The van der Waals surface area contributed by atoms with Crippen molar-refractivity contribution in [3.05, 3.63) is 22.4 Å². The van der Waals surface area contributed by atoms with Crippen molar-refractivity contribution in [1.29, 1.82) is 0 Å². The Bertz CT molecular complexity index is 336. The van der Waals surface area contributed by atoms with E-state index in [0.29, 0.717) is 6.54 Å². The molecule has 1 heterocycles. The molecule has 1 saturated carbocycles. The highest BCUT2D eigenvalue weighted by Crippen LogP contribution is 2.28. The van der Waals surface area contributed by atoms with Crippen LogP contribution < -0.4 is 11.1 Å². The van der Waals surface area contributed by atoms with Crippen molar-refractivity contribution in [1.82, 2.24) is 5.32 Å². The maximum absolute atomic E-state index is 11.6. The molecule has 0 unspecified atom stereocenters. The van der Waals surface area contributed by atoms with Crippen LogP contribution in [0.3, 0.4) is 0 Å². The van der Waals surface area contributed by atoms with Crippen LogP contribution in [-0.4, -0.2) is 18.0 Å². The maximum atomic E-state index is 11.6. The minimum absolute atomic E-state index is 0. The van der Waals surface area contributed by atoms with E-state index in [4.69, 9.17) is 5.73 Å². The number of thiophene rings is 1. The van der Waals surface area contributed by atoms with Crippen LogP contribution >= 0.6 is 23.7 Å². The summed E-state index contributed by atoms with van der Waals surface area (Å²) in [6.07, 6.45) is 3.63. The highest BCUT2D eigenvalue weighted by atomic mass is 35.5. The van der Waals surface area contributed by atoms with Crippen LogP contribution in [0.15, 0.2) is 16.8 Å². The fraction of sp³-hybridized carbons (Fsp3) is 0.545. The van der Waals surface area contributed by atoms with Gasteiger partial charge in [0.05, 0.1) is 5.54 Å². The fourth-order valence-electron chi connectivity index (χ4n) is 1.72. The first-order chi connectivity index (χ1) is 7.21. The van der Waals surface area contributed by atoms with E-state index in [0.717, 1.165) is 25.7 Å². The van der Waals surface area contributed by atoms with Gasteiger partial charge in [-0.15, -0.1) is 12.4 Å². The first-order valence-electron chi connectivity index (χ1n) is 5.29. The molecule has 1 aromatic heterocycles. The lowest BCUT2D eigenvalue weighted by Crippen LogP contribution is -2.58. The average molecular weight is 261 g/mol. The molecule has 1 fully saturated rings. The molecule has 0 spiro atoms. The predicted molar refractivity (Wildman–Crippen MR) is 69.1 cm³/mol. The summed E-state index contributed by atoms with van der Waals surface area (Å²) in [6.45, 7) is 0.689. The smallest absolute Gasteiger partial charge is 0.240 e. The summed E-state index contributed by atoms with van der Waals surface area (Å²) in [4.78, 5) is 11.6. The van der Waals surface area contributed by atoms with E-state index in [9.17, 15) is 4.79 Å². The van der Waals surface area contributed by atoms with Gasteiger partial charge in [-0.2, -0.15) is 11.3 Å². The van der Waals surface area contributed by atoms with Crippen LogP contribution in [0, 0.1) is 0 Å². The fourth-order valence-corrected chi connectivity index (χ4v) is 2.42. The molecule has 16 heavy (non-hydrogen) atoms. The van der Waals surface area contributed by atoms with Crippen molar-refractivity contribution >= 4 is 29.7 Å². The Morgan fingerprint density at radius 2 is 2.31 bits per heavy atom. The number of hydrogen-bond acceptors (Lipinski definition) is 3. The summed E-state index contributed by atoms with van der Waals surface area (Å²) in [7, 11) is 0. The minimum atomic E-state index is -0.561. The van der Waals surface area contributed by atoms with Gasteiger partial charge in [-0.1, -0.05) is 0 Å². The summed E-state index contributed by atoms with van der Waals surface area (Å²) in [6, 6.07) is 2.08. The zero-order valence-electron chi connectivity index (χ0n) is 9.07. The molecule has 90 valence electrons. The quantitative estimate of drug-likeness (QED) is 0.866. The average Bonchev–Trinajstić information content (AvgIpc) is 2.66. The number of carbonyl (C=O) groups is 1. The van der Waals surface area contributed by atoms with Gasteiger partial charge in [0.25, 0.3) is 0 Å². The van der Waals surface area contributed by atoms with Gasteiger partial charge in [0, 0.05) is 6.54 Å². The molecule has 0 saturated heterocycles. The van der Waals surface area contributed by atoms with Crippen LogP contribution in [0.4, 0.5) is 0 Å². The lowest BCUT2D eigenvalue weighted by Gasteiger charge is -2.36. The molecule has 0 aromatic carbocycles. The zero-order valence-corrected chi connectivity index (χ0v) is 10.7. The summed E-state index contributed by atoms with van der Waals surface area (Å²) < 4.78 is 0. The molecule has 5 heteroatoms. The Balaban J connectivity index is 0.00000128. The predicted octanol–water partition coefficient (Wildman–Crippen LogP) is 1.71. The Morgan fingerprint density at radius 3 is 2.81 bits per heavy atom. The van der Waals surface area contributed by atoms with E-state index in [1.807, 2.05) is 5.38 Å². The van der Waals surface area contributed by atoms with E-state index in [1.54, 1.807) is 11.3 Å². The van der Waals surface area contributed by atoms with Gasteiger partial charge in [0.15, 0.2) is 0 Å². The molecular weight excluding hydrogens is 244 g/mol. The van der Waals surface area contributed by atoms with E-state index >= 15 is 0 Å². The van der Waals surface area contributed by atoms with Gasteiger partial charge in [0.2, 0.25) is 5.91 Å². The largest absolute Gasteiger partial charge is 0.354 e. The Kier molecular flexibility index (Phi) is 4.77. The highest BCUT2D eigenvalue weighted by Gasteiger charge is 2.39. The van der Waals surface area contributed by atoms with Gasteiger partial charge in [-0.3, -0.25) is 4.79 Å². The zero-order chi connectivity index (χ0) is 10.7. The van der Waals surface area contributed by atoms with Crippen LogP contribution in [0.5, 0.6) is 0 Å². The van der Waals surface area contributed by atoms with Gasteiger partial charge < -0.3 is 11.1 Å². The van der Waals surface area contributed by atoms with E-state index in [1.165, 1.54) is 5.56 Å². The third-order valence-electron chi connectivity index (χ3n) is 2.98. The molecule has 2 rings (SSSR count). The van der Waals surface area contributed by atoms with E-state index in [2.05, 4.69) is 16.8 Å². The number of rotatable bonds is 4. The standard InChI is InChI=1S/C11H16N2OS.ClH/c12-11(4-1-5-11)10(14)13-6-2-9-3-7-15-8-9;/h3,7-8H,1-2,4-6,12H2,(H,13,14);1H. The first kappa shape index (κ1) is 13.5. The Hall–Kier alpha value is -0.580. The number of nitrogens with two attached hydrogens (primary N) is 1. The van der Waals surface area contributed by atoms with E-state index < -0.39 is 5.54 Å². The second-order valence-corrected chi connectivity index (χ2v) is 4.93. The summed E-state index contributed by atoms with van der Waals surface area (Å²) >= 11 is 1.68. The number of halogens is 1. The van der Waals surface area contributed by atoms with Crippen molar-refractivity contribution < 1.29 is 4.79 Å². The van der Waals surface area contributed by atoms with Crippen LogP contribution in [0.1, 0.15) is 24.8 Å². The molecule has 1 aromatic rings. The number of nitrogens with one attached hydrogen (secondary N) is 1. The molecular formula is C11H17ClN2OS. The maximum Gasteiger partial charge on any atom is 0.240 e. The van der Waals surface area contributed by atoms with Crippen LogP contribution in [0.25, 0.3) is 0 Å². The normalized spacial score (nSPS) is 17.1. The summed E-state index contributed by atoms with van der Waals surface area (Å²) in [5.41, 5.74) is 6.61. The Labute approximate surface area is 106 Å². The monoisotopic (exact) mass is 260 g/mol. The van der Waals surface area contributed by atoms with Crippen molar-refractivity contribution in [3.63, 3.8) is 0 Å². The van der Waals surface area contributed by atoms with Crippen molar-refractivity contribution in [2.75, 3.05) is 6.54 Å². The molecule has 1 aliphatic rings. The van der Waals surface area contributed by atoms with E-state index in [-0.39, 0.29) is 18.3 Å². The van der Waals surface area contributed by atoms with Crippen LogP contribution in [0.2, 0.25) is 0 Å². The SMILES string of the molecule is Cl.NC1(C(=O)NCCc2ccsc2)CCC1. The number of carbonyl (C=O) groups excluding carboxylic acids is 1. The van der Waals surface area contributed by atoms with Crippen molar-refractivity contribution in [2.45, 2.75) is 31.2 Å². The molecule has 1 aliphatic carbocycles. The van der Waals surface area contributed by atoms with Crippen molar-refractivity contribution in [3.8, 4) is 0 Å². The van der Waals surface area contributed by atoms with Gasteiger partial charge in [-0.05, 0) is 48.1 Å². The highest BCUT2D eigenvalue weighted by molar-refractivity contribution is 7.07. The summed E-state index contributed by atoms with van der Waals surface area (Å²) in [5.74, 6) is 0.0176. The molecule has 0 atom stereocenters. The number of hydrogen-bond donors (Lipinski definition) is 2. The minimum Gasteiger partial charge on any atom is -0.354 e. The first-order valence-corrected chi connectivity index (χ1v) is 6.23. The molecule has 3 N–H and O–H groups in total. The lowest BCUT2D eigenvalue weighted by molar-refractivity contribution is -0.129. The van der Waals surface area contributed by atoms with Gasteiger partial charge in [0.1, 0.15) is 0 Å². The molecule has 0 radical (unpaired) electrons. The molecule has 3 nitrogen and oxygen atoms in total. The lowest BCUT2D eigenvalue weighted by atomic mass is 9.77. The molecule has 0 aliphatic heterocycles. The second kappa shape index (κ2) is 5.66. The molecule has 1 amide bonds. The summed E-state index contributed by atoms with van der Waals surface area (Å²) in [5, 5.41) is 7.06. The Morgan fingerprint density at radius 1 is 1.56 bits per heavy atom. The molecule has 0 bridgehead atoms. The van der Waals surface area contributed by atoms with Crippen LogP contribution in [-0.2, 0) is 11.2 Å². The van der Waals surface area contributed by atoms with Crippen molar-refractivity contribution in [2.24, 2.45) is 5.73 Å². The van der Waals surface area contributed by atoms with Gasteiger partial charge >= 0.3 is 0 Å². The third-order valence-corrected chi connectivity index (χ3v) is 3.71.